The third-order valence-corrected chi connectivity index (χ3v) is 3.17. The van der Waals surface area contributed by atoms with Crippen LogP contribution >= 0.6 is 11.6 Å². The van der Waals surface area contributed by atoms with Gasteiger partial charge in [-0.05, 0) is 38.0 Å². The number of rotatable bonds is 5. The number of ketones is 1. The number of nitrogens with two attached hydrogens (primary N) is 1. The van der Waals surface area contributed by atoms with Crippen molar-refractivity contribution in [2.45, 2.75) is 45.6 Å². The zero-order valence-electron chi connectivity index (χ0n) is 11.5. The lowest BCUT2D eigenvalue weighted by Gasteiger charge is -2.26. The van der Waals surface area contributed by atoms with Gasteiger partial charge in [-0.1, -0.05) is 37.6 Å². The fourth-order valence-corrected chi connectivity index (χ4v) is 2.13. The summed E-state index contributed by atoms with van der Waals surface area (Å²) in [6.45, 7) is 7.75. The molecule has 2 nitrogen and oxygen atoms in total. The maximum atomic E-state index is 12.3. The zero-order valence-corrected chi connectivity index (χ0v) is 12.3. The van der Waals surface area contributed by atoms with Crippen LogP contribution in [0.3, 0.4) is 0 Å². The minimum atomic E-state index is -0.366. The van der Waals surface area contributed by atoms with Gasteiger partial charge in [-0.25, -0.2) is 0 Å². The molecular weight excluding hydrogens is 246 g/mol. The minimum Gasteiger partial charge on any atom is -0.326 e. The second kappa shape index (κ2) is 5.85. The third kappa shape index (κ3) is 4.43. The molecule has 0 aliphatic rings. The van der Waals surface area contributed by atoms with Gasteiger partial charge >= 0.3 is 0 Å². The molecule has 18 heavy (non-hydrogen) atoms. The molecule has 1 rings (SSSR count). The molecule has 0 saturated heterocycles. The van der Waals surface area contributed by atoms with Gasteiger partial charge in [0.05, 0.1) is 0 Å². The molecular formula is C15H22ClNO. The molecule has 0 amide bonds. The molecule has 1 aromatic rings. The Morgan fingerprint density at radius 1 is 1.28 bits per heavy atom. The van der Waals surface area contributed by atoms with Gasteiger partial charge < -0.3 is 5.73 Å². The summed E-state index contributed by atoms with van der Waals surface area (Å²) in [6, 6.07) is 7.47. The second-order valence-electron chi connectivity index (χ2n) is 5.85. The van der Waals surface area contributed by atoms with E-state index in [2.05, 4.69) is 0 Å². The van der Waals surface area contributed by atoms with Gasteiger partial charge in [-0.3, -0.25) is 4.79 Å². The smallest absolute Gasteiger partial charge is 0.142 e. The van der Waals surface area contributed by atoms with Crippen molar-refractivity contribution in [2.24, 2.45) is 11.7 Å². The number of halogens is 1. The maximum Gasteiger partial charge on any atom is 0.142 e. The van der Waals surface area contributed by atoms with Crippen LogP contribution in [0.1, 0.15) is 45.6 Å². The molecule has 3 heteroatoms. The standard InChI is InChI=1S/C15H22ClNO/c1-10(2)14(18)13(9-15(3,4)17)11-5-7-12(16)8-6-11/h5-8,10,13H,9,17H2,1-4H3/t13-/m1/s1. The van der Waals surface area contributed by atoms with Crippen LogP contribution in [0.2, 0.25) is 5.02 Å². The van der Waals surface area contributed by atoms with E-state index in [9.17, 15) is 4.79 Å². The molecule has 100 valence electrons. The van der Waals surface area contributed by atoms with Crippen molar-refractivity contribution in [1.82, 2.24) is 0 Å². The molecule has 0 radical (unpaired) electrons. The van der Waals surface area contributed by atoms with Gasteiger partial charge in [-0.15, -0.1) is 0 Å². The predicted octanol–water partition coefficient (Wildman–Crippen LogP) is 3.78. The van der Waals surface area contributed by atoms with Gasteiger partial charge in [0, 0.05) is 22.4 Å². The normalized spacial score (nSPS) is 13.7. The third-order valence-electron chi connectivity index (χ3n) is 2.92. The molecule has 0 saturated carbocycles. The van der Waals surface area contributed by atoms with Crippen molar-refractivity contribution in [3.63, 3.8) is 0 Å². The summed E-state index contributed by atoms with van der Waals surface area (Å²) >= 11 is 5.88. The molecule has 1 atom stereocenters. The molecule has 0 fully saturated rings. The average Bonchev–Trinajstić information content (AvgIpc) is 2.25. The fourth-order valence-electron chi connectivity index (χ4n) is 2.01. The summed E-state index contributed by atoms with van der Waals surface area (Å²) in [7, 11) is 0. The van der Waals surface area contributed by atoms with E-state index in [0.717, 1.165) is 5.56 Å². The number of hydrogen-bond acceptors (Lipinski definition) is 2. The van der Waals surface area contributed by atoms with Crippen molar-refractivity contribution < 1.29 is 4.79 Å². The molecule has 0 aliphatic carbocycles. The lowest BCUT2D eigenvalue weighted by molar-refractivity contribution is -0.123. The van der Waals surface area contributed by atoms with Gasteiger partial charge in [0.15, 0.2) is 0 Å². The topological polar surface area (TPSA) is 43.1 Å². The van der Waals surface area contributed by atoms with Crippen LogP contribution in [0.25, 0.3) is 0 Å². The minimum absolute atomic E-state index is 0.00743. The number of Topliss-reactive ketones (excluding diaryl/α,β-unsaturated/α-hetero) is 1. The quantitative estimate of drug-likeness (QED) is 0.882. The molecule has 0 aromatic heterocycles. The Hall–Kier alpha value is -0.860. The molecule has 2 N–H and O–H groups in total. The van der Waals surface area contributed by atoms with Crippen molar-refractivity contribution in [3.8, 4) is 0 Å². The number of benzene rings is 1. The Bertz CT molecular complexity index is 403. The largest absolute Gasteiger partial charge is 0.326 e. The van der Waals surface area contributed by atoms with Crippen LogP contribution < -0.4 is 5.73 Å². The van der Waals surface area contributed by atoms with E-state index < -0.39 is 0 Å². The number of carbonyl (C=O) groups is 1. The molecule has 0 aliphatic heterocycles. The first-order valence-corrected chi connectivity index (χ1v) is 6.66. The number of carbonyl (C=O) groups excluding carboxylic acids is 1. The SMILES string of the molecule is CC(C)C(=O)[C@H](CC(C)(C)N)c1ccc(Cl)cc1. The monoisotopic (exact) mass is 267 g/mol. The van der Waals surface area contributed by atoms with Crippen LogP contribution in [-0.2, 0) is 4.79 Å². The Morgan fingerprint density at radius 2 is 1.78 bits per heavy atom. The van der Waals surface area contributed by atoms with E-state index in [0.29, 0.717) is 11.4 Å². The van der Waals surface area contributed by atoms with E-state index in [1.807, 2.05) is 52.0 Å². The van der Waals surface area contributed by atoms with Gasteiger partial charge in [-0.2, -0.15) is 0 Å². The Kier molecular flexibility index (Phi) is 4.94. The van der Waals surface area contributed by atoms with Crippen molar-refractivity contribution in [3.05, 3.63) is 34.9 Å². The fraction of sp³-hybridized carbons (Fsp3) is 0.533. The molecule has 0 bridgehead atoms. The maximum absolute atomic E-state index is 12.3. The Morgan fingerprint density at radius 3 is 2.17 bits per heavy atom. The van der Waals surface area contributed by atoms with Crippen LogP contribution in [0.15, 0.2) is 24.3 Å². The summed E-state index contributed by atoms with van der Waals surface area (Å²) in [5.74, 6) is 0.0890. The average molecular weight is 268 g/mol. The zero-order chi connectivity index (χ0) is 13.9. The van der Waals surface area contributed by atoms with Crippen LogP contribution in [0, 0.1) is 5.92 Å². The summed E-state index contributed by atoms with van der Waals surface area (Å²) in [5, 5.41) is 0.682. The first kappa shape index (κ1) is 15.2. The van der Waals surface area contributed by atoms with Gasteiger partial charge in [0.1, 0.15) is 5.78 Å². The Balaban J connectivity index is 3.04. The van der Waals surface area contributed by atoms with E-state index >= 15 is 0 Å². The van der Waals surface area contributed by atoms with E-state index in [1.165, 1.54) is 0 Å². The first-order valence-electron chi connectivity index (χ1n) is 6.29. The number of hydrogen-bond donors (Lipinski definition) is 1. The van der Waals surface area contributed by atoms with Gasteiger partial charge in [0.2, 0.25) is 0 Å². The molecule has 0 heterocycles. The molecule has 0 spiro atoms. The lowest BCUT2D eigenvalue weighted by Crippen LogP contribution is -2.36. The highest BCUT2D eigenvalue weighted by Crippen LogP contribution is 2.29. The summed E-state index contributed by atoms with van der Waals surface area (Å²) in [5.41, 5.74) is 6.69. The van der Waals surface area contributed by atoms with Crippen molar-refractivity contribution in [2.75, 3.05) is 0 Å². The van der Waals surface area contributed by atoms with E-state index in [4.69, 9.17) is 17.3 Å². The summed E-state index contributed by atoms with van der Waals surface area (Å²) in [6.07, 6.45) is 0.644. The predicted molar refractivity (Wildman–Crippen MR) is 76.9 cm³/mol. The Labute approximate surface area is 115 Å². The van der Waals surface area contributed by atoms with Crippen molar-refractivity contribution >= 4 is 17.4 Å². The highest BCUT2D eigenvalue weighted by molar-refractivity contribution is 6.30. The molecule has 0 unspecified atom stereocenters. The van der Waals surface area contributed by atoms with Crippen molar-refractivity contribution in [1.29, 1.82) is 0 Å². The first-order chi connectivity index (χ1) is 8.20. The highest BCUT2D eigenvalue weighted by atomic mass is 35.5. The molecule has 1 aromatic carbocycles. The van der Waals surface area contributed by atoms with E-state index in [-0.39, 0.29) is 23.2 Å². The summed E-state index contributed by atoms with van der Waals surface area (Å²) < 4.78 is 0. The van der Waals surface area contributed by atoms with Crippen LogP contribution in [0.5, 0.6) is 0 Å². The lowest BCUT2D eigenvalue weighted by atomic mass is 9.80. The summed E-state index contributed by atoms with van der Waals surface area (Å²) in [4.78, 5) is 12.3. The second-order valence-corrected chi connectivity index (χ2v) is 6.29. The van der Waals surface area contributed by atoms with Gasteiger partial charge in [0.25, 0.3) is 0 Å². The van der Waals surface area contributed by atoms with E-state index in [1.54, 1.807) is 0 Å². The van der Waals surface area contributed by atoms with Crippen LogP contribution in [0.4, 0.5) is 0 Å². The van der Waals surface area contributed by atoms with Crippen LogP contribution in [-0.4, -0.2) is 11.3 Å². The highest BCUT2D eigenvalue weighted by Gasteiger charge is 2.28.